The molecule has 44 heavy (non-hydrogen) atoms. The van der Waals surface area contributed by atoms with Crippen molar-refractivity contribution in [3.05, 3.63) is 53.7 Å². The number of carbonyl (C=O) groups is 3. The van der Waals surface area contributed by atoms with Gasteiger partial charge in [-0.3, -0.25) is 9.59 Å². The van der Waals surface area contributed by atoms with E-state index in [2.05, 4.69) is 26.3 Å². The van der Waals surface area contributed by atoms with E-state index < -0.39 is 0 Å². The van der Waals surface area contributed by atoms with Crippen LogP contribution in [0.2, 0.25) is 0 Å². The summed E-state index contributed by atoms with van der Waals surface area (Å²) in [5.41, 5.74) is 10.8. The highest BCUT2D eigenvalue weighted by Crippen LogP contribution is 2.34. The van der Waals surface area contributed by atoms with Crippen LogP contribution in [0.4, 0.5) is 4.79 Å². The number of rotatable bonds is 14. The van der Waals surface area contributed by atoms with Crippen LogP contribution in [0.15, 0.2) is 47.0 Å². The maximum Gasteiger partial charge on any atom is 0.315 e. The topological polar surface area (TPSA) is 167 Å². The standard InChI is InChI=1S/C32H39N7O4S/c33-14-13-21-17-36-22-11-12-24-29(27(21)22)38-31(43-24)20-9-7-19(8-10-20)30(41)35-16-4-3-15-34-26(40)6-2-1-5-25-28-23(18-44-25)37-32(42)39-28/h7-12,17,23,25,28,36H,1-6,13-16,18,33H2,(H,34,40)(H,35,41)(H2,37,39,42). The third kappa shape index (κ3) is 6.71. The molecule has 6 rings (SSSR count). The number of hydrogen-bond acceptors (Lipinski definition) is 7. The molecule has 4 heterocycles. The summed E-state index contributed by atoms with van der Waals surface area (Å²) in [5, 5.41) is 13.4. The highest BCUT2D eigenvalue weighted by atomic mass is 32.2. The van der Waals surface area contributed by atoms with Crippen LogP contribution in [-0.4, -0.2) is 70.5 Å². The number of aromatic amines is 1. The van der Waals surface area contributed by atoms with Crippen LogP contribution in [0.25, 0.3) is 33.5 Å². The monoisotopic (exact) mass is 617 g/mol. The minimum atomic E-state index is -0.140. The lowest BCUT2D eigenvalue weighted by atomic mass is 10.0. The molecule has 2 aliphatic heterocycles. The van der Waals surface area contributed by atoms with Crippen molar-refractivity contribution < 1.29 is 18.8 Å². The molecule has 12 heteroatoms. The molecule has 0 aliphatic carbocycles. The highest BCUT2D eigenvalue weighted by Gasteiger charge is 2.42. The normalized spacial score (nSPS) is 19.2. The number of nitrogens with zero attached hydrogens (tertiary/aromatic N) is 1. The molecule has 0 bridgehead atoms. The van der Waals surface area contributed by atoms with Crippen LogP contribution in [0, 0.1) is 0 Å². The minimum absolute atomic E-state index is 0.0626. The Morgan fingerprint density at radius 3 is 2.66 bits per heavy atom. The molecular formula is C32H39N7O4S. The SMILES string of the molecule is NCCc1c[nH]c2ccc3oc(-c4ccc(C(=O)NCCCCNC(=O)CCCCC5SCC6NC(=O)NC65)cc4)nc3c12. The number of carbonyl (C=O) groups excluding carboxylic acids is 3. The summed E-state index contributed by atoms with van der Waals surface area (Å²) < 4.78 is 6.05. The fraction of sp³-hybridized carbons (Fsp3) is 0.438. The quantitative estimate of drug-likeness (QED) is 0.0924. The van der Waals surface area contributed by atoms with Crippen molar-refractivity contribution in [2.45, 2.75) is 62.3 Å². The number of urea groups is 1. The maximum absolute atomic E-state index is 12.7. The molecule has 2 fully saturated rings. The zero-order chi connectivity index (χ0) is 30.5. The first-order valence-electron chi connectivity index (χ1n) is 15.4. The molecule has 4 amide bonds. The summed E-state index contributed by atoms with van der Waals surface area (Å²) in [5.74, 6) is 1.38. The van der Waals surface area contributed by atoms with Gasteiger partial charge in [-0.1, -0.05) is 6.42 Å². The molecule has 2 aromatic heterocycles. The second-order valence-electron chi connectivity index (χ2n) is 11.5. The van der Waals surface area contributed by atoms with Gasteiger partial charge < -0.3 is 36.4 Å². The van der Waals surface area contributed by atoms with E-state index in [1.54, 1.807) is 12.1 Å². The predicted molar refractivity (Wildman–Crippen MR) is 173 cm³/mol. The maximum atomic E-state index is 12.7. The third-order valence-electron chi connectivity index (χ3n) is 8.38. The summed E-state index contributed by atoms with van der Waals surface area (Å²) in [6.45, 7) is 1.68. The lowest BCUT2D eigenvalue weighted by Gasteiger charge is -2.16. The Morgan fingerprint density at radius 1 is 1.02 bits per heavy atom. The van der Waals surface area contributed by atoms with Crippen LogP contribution >= 0.6 is 11.8 Å². The molecule has 2 aromatic carbocycles. The van der Waals surface area contributed by atoms with E-state index in [4.69, 9.17) is 15.1 Å². The number of hydrogen-bond donors (Lipinski definition) is 6. The fourth-order valence-corrected chi connectivity index (χ4v) is 7.60. The first kappa shape index (κ1) is 30.0. The number of benzene rings is 2. The van der Waals surface area contributed by atoms with E-state index in [1.807, 2.05) is 42.2 Å². The minimum Gasteiger partial charge on any atom is -0.436 e. The molecule has 3 atom stereocenters. The van der Waals surface area contributed by atoms with Gasteiger partial charge in [0.2, 0.25) is 11.8 Å². The van der Waals surface area contributed by atoms with Gasteiger partial charge in [-0.05, 0) is 80.6 Å². The summed E-state index contributed by atoms with van der Waals surface area (Å²) >= 11 is 1.90. The van der Waals surface area contributed by atoms with Crippen LogP contribution in [0.3, 0.4) is 0 Å². The molecule has 11 nitrogen and oxygen atoms in total. The molecular weight excluding hydrogens is 578 g/mol. The predicted octanol–water partition coefficient (Wildman–Crippen LogP) is 3.83. The smallest absolute Gasteiger partial charge is 0.315 e. The molecule has 7 N–H and O–H groups in total. The van der Waals surface area contributed by atoms with Crippen molar-refractivity contribution >= 4 is 51.6 Å². The molecule has 2 aliphatic rings. The number of oxazole rings is 1. The fourth-order valence-electron chi connectivity index (χ4n) is 6.06. The average molecular weight is 618 g/mol. The Hall–Kier alpha value is -4.03. The Balaban J connectivity index is 0.881. The molecule has 0 spiro atoms. The third-order valence-corrected chi connectivity index (χ3v) is 9.89. The van der Waals surface area contributed by atoms with Crippen LogP contribution in [-0.2, 0) is 11.2 Å². The van der Waals surface area contributed by atoms with Gasteiger partial charge in [-0.2, -0.15) is 11.8 Å². The van der Waals surface area contributed by atoms with Crippen LogP contribution in [0.1, 0.15) is 54.4 Å². The van der Waals surface area contributed by atoms with E-state index in [0.29, 0.717) is 48.3 Å². The Morgan fingerprint density at radius 2 is 1.84 bits per heavy atom. The van der Waals surface area contributed by atoms with Gasteiger partial charge in [0.15, 0.2) is 5.58 Å². The molecule has 0 radical (unpaired) electrons. The van der Waals surface area contributed by atoms with Gasteiger partial charge in [-0.15, -0.1) is 0 Å². The van der Waals surface area contributed by atoms with E-state index in [1.165, 1.54) is 0 Å². The van der Waals surface area contributed by atoms with E-state index in [0.717, 1.165) is 71.8 Å². The van der Waals surface area contributed by atoms with Crippen molar-refractivity contribution in [2.75, 3.05) is 25.4 Å². The van der Waals surface area contributed by atoms with Crippen molar-refractivity contribution in [3.63, 3.8) is 0 Å². The number of amides is 4. The van der Waals surface area contributed by atoms with Gasteiger partial charge in [0, 0.05) is 58.7 Å². The van der Waals surface area contributed by atoms with Gasteiger partial charge in [0.25, 0.3) is 5.91 Å². The van der Waals surface area contributed by atoms with Crippen LogP contribution < -0.4 is 27.0 Å². The van der Waals surface area contributed by atoms with Gasteiger partial charge in [0.1, 0.15) is 5.52 Å². The molecule has 0 saturated carbocycles. The van der Waals surface area contributed by atoms with Crippen molar-refractivity contribution in [1.82, 2.24) is 31.2 Å². The largest absolute Gasteiger partial charge is 0.436 e. The number of fused-ring (bicyclic) bond motifs is 4. The van der Waals surface area contributed by atoms with Crippen molar-refractivity contribution in [2.24, 2.45) is 5.73 Å². The zero-order valence-electron chi connectivity index (χ0n) is 24.6. The van der Waals surface area contributed by atoms with Crippen LogP contribution in [0.5, 0.6) is 0 Å². The number of nitrogens with two attached hydrogens (primary N) is 1. The number of aromatic nitrogens is 2. The molecule has 4 aromatic rings. The Kier molecular flexibility index (Phi) is 9.37. The number of unbranched alkanes of at least 4 members (excludes halogenated alkanes) is 2. The Bertz CT molecular complexity index is 1630. The lowest BCUT2D eigenvalue weighted by molar-refractivity contribution is -0.121. The second kappa shape index (κ2) is 13.7. The van der Waals surface area contributed by atoms with E-state index in [-0.39, 0.29) is 29.9 Å². The second-order valence-corrected chi connectivity index (χ2v) is 12.7. The van der Waals surface area contributed by atoms with E-state index in [9.17, 15) is 14.4 Å². The number of H-pyrrole nitrogens is 1. The van der Waals surface area contributed by atoms with Crippen molar-refractivity contribution in [1.29, 1.82) is 0 Å². The average Bonchev–Trinajstić information content (AvgIpc) is 3.80. The van der Waals surface area contributed by atoms with E-state index >= 15 is 0 Å². The summed E-state index contributed by atoms with van der Waals surface area (Å²) in [7, 11) is 0. The summed E-state index contributed by atoms with van der Waals surface area (Å²) in [6.07, 6.45) is 7.62. The van der Waals surface area contributed by atoms with Gasteiger partial charge in [-0.25, -0.2) is 9.78 Å². The number of nitrogens with one attached hydrogen (secondary N) is 5. The Labute approximate surface area is 259 Å². The van der Waals surface area contributed by atoms with Crippen molar-refractivity contribution in [3.8, 4) is 11.5 Å². The lowest BCUT2D eigenvalue weighted by Crippen LogP contribution is -2.36. The van der Waals surface area contributed by atoms with Gasteiger partial charge >= 0.3 is 6.03 Å². The first-order valence-corrected chi connectivity index (χ1v) is 16.5. The zero-order valence-corrected chi connectivity index (χ0v) is 25.4. The summed E-state index contributed by atoms with van der Waals surface area (Å²) in [4.78, 5) is 44.4. The highest BCUT2D eigenvalue weighted by molar-refractivity contribution is 8.00. The van der Waals surface area contributed by atoms with Gasteiger partial charge in [0.05, 0.1) is 12.1 Å². The molecule has 2 saturated heterocycles. The first-order chi connectivity index (χ1) is 21.5. The molecule has 232 valence electrons. The number of thioether (sulfide) groups is 1. The molecule has 3 unspecified atom stereocenters. The summed E-state index contributed by atoms with van der Waals surface area (Å²) in [6, 6.07) is 11.5.